The maximum absolute atomic E-state index is 13.3. The van der Waals surface area contributed by atoms with Crippen LogP contribution in [0.4, 0.5) is 5.69 Å². The molecule has 8 heteroatoms. The zero-order valence-corrected chi connectivity index (χ0v) is 21.6. The van der Waals surface area contributed by atoms with E-state index in [0.29, 0.717) is 32.6 Å². The van der Waals surface area contributed by atoms with E-state index in [0.717, 1.165) is 11.1 Å². The maximum atomic E-state index is 13.3. The van der Waals surface area contributed by atoms with Crippen molar-refractivity contribution in [1.29, 1.82) is 5.26 Å². The molecule has 0 aliphatic carbocycles. The third-order valence-corrected chi connectivity index (χ3v) is 6.96. The van der Waals surface area contributed by atoms with Crippen molar-refractivity contribution in [2.45, 2.75) is 19.4 Å². The van der Waals surface area contributed by atoms with E-state index in [-0.39, 0.29) is 18.3 Å². The molecule has 0 saturated carbocycles. The summed E-state index contributed by atoms with van der Waals surface area (Å²) < 4.78 is 5.64. The van der Waals surface area contributed by atoms with E-state index in [1.165, 1.54) is 11.8 Å². The van der Waals surface area contributed by atoms with Crippen LogP contribution in [-0.4, -0.2) is 17.6 Å². The van der Waals surface area contributed by atoms with Crippen molar-refractivity contribution < 1.29 is 14.3 Å². The van der Waals surface area contributed by atoms with Crippen molar-refractivity contribution >= 4 is 40.9 Å². The highest BCUT2D eigenvalue weighted by atomic mass is 35.5. The SMILES string of the molecule is CC1=C(C(=O)OCc2ccccc2)C(c2ccc(Cl)cc2)C(C#N)=C(SCC(=O)Nc2ccccc2)N1. The number of ether oxygens (including phenoxy) is 1. The summed E-state index contributed by atoms with van der Waals surface area (Å²) in [7, 11) is 0. The Kier molecular flexibility index (Phi) is 8.68. The summed E-state index contributed by atoms with van der Waals surface area (Å²) in [6.07, 6.45) is 0. The molecule has 0 spiro atoms. The molecule has 4 rings (SSSR count). The predicted molar refractivity (Wildman–Crippen MR) is 146 cm³/mol. The van der Waals surface area contributed by atoms with Gasteiger partial charge in [-0.1, -0.05) is 84.0 Å². The van der Waals surface area contributed by atoms with Crippen molar-refractivity contribution in [3.63, 3.8) is 0 Å². The molecule has 0 aromatic heterocycles. The number of dihydropyridines is 1. The predicted octanol–water partition coefficient (Wildman–Crippen LogP) is 6.15. The van der Waals surface area contributed by atoms with Crippen molar-refractivity contribution in [2.24, 2.45) is 0 Å². The fourth-order valence-corrected chi connectivity index (χ4v) is 4.96. The van der Waals surface area contributed by atoms with Gasteiger partial charge in [-0.2, -0.15) is 5.26 Å². The summed E-state index contributed by atoms with van der Waals surface area (Å²) in [6, 6.07) is 27.8. The number of esters is 1. The highest BCUT2D eigenvalue weighted by molar-refractivity contribution is 8.03. The number of allylic oxidation sites excluding steroid dienone is 2. The van der Waals surface area contributed by atoms with Gasteiger partial charge in [0.25, 0.3) is 0 Å². The highest BCUT2D eigenvalue weighted by Crippen LogP contribution is 2.41. The fourth-order valence-electron chi connectivity index (χ4n) is 3.94. The molecule has 186 valence electrons. The van der Waals surface area contributed by atoms with Gasteiger partial charge in [-0.3, -0.25) is 4.79 Å². The number of para-hydroxylation sites is 1. The molecule has 1 aliphatic heterocycles. The second kappa shape index (κ2) is 12.3. The number of nitrogens with one attached hydrogen (secondary N) is 2. The summed E-state index contributed by atoms with van der Waals surface area (Å²) in [4.78, 5) is 25.9. The van der Waals surface area contributed by atoms with Gasteiger partial charge in [0.1, 0.15) is 6.61 Å². The molecule has 2 N–H and O–H groups in total. The molecule has 0 saturated heterocycles. The zero-order valence-electron chi connectivity index (χ0n) is 20.0. The Morgan fingerprint density at radius 2 is 1.68 bits per heavy atom. The van der Waals surface area contributed by atoms with Crippen molar-refractivity contribution in [2.75, 3.05) is 11.1 Å². The number of carbonyl (C=O) groups is 2. The Labute approximate surface area is 225 Å². The minimum atomic E-state index is -0.675. The number of hydrogen-bond donors (Lipinski definition) is 2. The van der Waals surface area contributed by atoms with E-state index in [1.807, 2.05) is 48.5 Å². The number of rotatable bonds is 8. The van der Waals surface area contributed by atoms with Crippen LogP contribution >= 0.6 is 23.4 Å². The first-order valence-corrected chi connectivity index (χ1v) is 12.9. The lowest BCUT2D eigenvalue weighted by atomic mass is 9.82. The number of thioether (sulfide) groups is 1. The van der Waals surface area contributed by atoms with Gasteiger partial charge in [-0.15, -0.1) is 0 Å². The van der Waals surface area contributed by atoms with Crippen molar-refractivity contribution in [3.8, 4) is 6.07 Å². The van der Waals surface area contributed by atoms with Crippen LogP contribution in [0.2, 0.25) is 5.02 Å². The molecule has 3 aromatic carbocycles. The number of anilines is 1. The molecule has 0 bridgehead atoms. The molecular weight excluding hydrogens is 506 g/mol. The van der Waals surface area contributed by atoms with Crippen LogP contribution in [0.3, 0.4) is 0 Å². The molecule has 6 nitrogen and oxygen atoms in total. The summed E-state index contributed by atoms with van der Waals surface area (Å²) >= 11 is 7.31. The third-order valence-electron chi connectivity index (χ3n) is 5.69. The van der Waals surface area contributed by atoms with Crippen LogP contribution in [0.25, 0.3) is 0 Å². The lowest BCUT2D eigenvalue weighted by molar-refractivity contribution is -0.140. The first-order valence-electron chi connectivity index (χ1n) is 11.5. The quantitative estimate of drug-likeness (QED) is 0.340. The first-order chi connectivity index (χ1) is 18.0. The van der Waals surface area contributed by atoms with E-state index >= 15 is 0 Å². The lowest BCUT2D eigenvalue weighted by Gasteiger charge is -2.29. The van der Waals surface area contributed by atoms with Gasteiger partial charge in [-0.05, 0) is 42.3 Å². The number of nitriles is 1. The van der Waals surface area contributed by atoms with Gasteiger partial charge < -0.3 is 15.4 Å². The Bertz CT molecular complexity index is 1380. The Balaban J connectivity index is 1.59. The Morgan fingerprint density at radius 1 is 1.03 bits per heavy atom. The summed E-state index contributed by atoms with van der Waals surface area (Å²) in [6.45, 7) is 1.87. The topological polar surface area (TPSA) is 91.2 Å². The van der Waals surface area contributed by atoms with Gasteiger partial charge in [-0.25, -0.2) is 4.79 Å². The monoisotopic (exact) mass is 529 g/mol. The summed E-state index contributed by atoms with van der Waals surface area (Å²) in [5.41, 5.74) is 3.50. The highest BCUT2D eigenvalue weighted by Gasteiger charge is 2.35. The molecule has 1 amide bonds. The second-order valence-corrected chi connectivity index (χ2v) is 9.69. The van der Waals surface area contributed by atoms with Crippen LogP contribution in [0.5, 0.6) is 0 Å². The molecule has 0 fully saturated rings. The van der Waals surface area contributed by atoms with Crippen LogP contribution in [-0.2, 0) is 20.9 Å². The Hall–Kier alpha value is -3.99. The van der Waals surface area contributed by atoms with E-state index in [4.69, 9.17) is 16.3 Å². The molecule has 0 radical (unpaired) electrons. The fraction of sp³-hybridized carbons (Fsp3) is 0.138. The standard InChI is InChI=1S/C29H24ClN3O3S/c1-19-26(29(35)36-17-20-8-4-2-5-9-20)27(21-12-14-22(30)15-13-21)24(16-31)28(32-19)37-18-25(34)33-23-10-6-3-7-11-23/h2-15,27,32H,17-18H2,1H3,(H,33,34). The number of halogens is 1. The largest absolute Gasteiger partial charge is 0.457 e. The molecule has 3 aromatic rings. The number of benzene rings is 3. The summed E-state index contributed by atoms with van der Waals surface area (Å²) in [5.74, 6) is -1.32. The van der Waals surface area contributed by atoms with E-state index in [9.17, 15) is 14.9 Å². The second-order valence-electron chi connectivity index (χ2n) is 8.27. The number of amides is 1. The van der Waals surface area contributed by atoms with Gasteiger partial charge >= 0.3 is 5.97 Å². The average Bonchev–Trinajstić information content (AvgIpc) is 2.91. The molecule has 1 unspecified atom stereocenters. The van der Waals surface area contributed by atoms with Crippen LogP contribution < -0.4 is 10.6 Å². The minimum absolute atomic E-state index is 0.0802. The van der Waals surface area contributed by atoms with E-state index in [2.05, 4.69) is 16.7 Å². The van der Waals surface area contributed by atoms with Gasteiger partial charge in [0.05, 0.1) is 33.9 Å². The van der Waals surface area contributed by atoms with E-state index < -0.39 is 11.9 Å². The normalized spacial score (nSPS) is 15.0. The minimum Gasteiger partial charge on any atom is -0.457 e. The van der Waals surface area contributed by atoms with Gasteiger partial charge in [0.2, 0.25) is 5.91 Å². The number of hydrogen-bond acceptors (Lipinski definition) is 6. The number of carbonyl (C=O) groups excluding carboxylic acids is 2. The van der Waals surface area contributed by atoms with Crippen LogP contribution in [0, 0.1) is 11.3 Å². The lowest BCUT2D eigenvalue weighted by Crippen LogP contribution is -2.29. The third kappa shape index (κ3) is 6.62. The molecule has 1 atom stereocenters. The number of nitrogens with zero attached hydrogens (tertiary/aromatic N) is 1. The van der Waals surface area contributed by atoms with Crippen LogP contribution in [0.1, 0.15) is 24.0 Å². The molecule has 1 aliphatic rings. The molecule has 37 heavy (non-hydrogen) atoms. The smallest absolute Gasteiger partial charge is 0.337 e. The first kappa shape index (κ1) is 26.1. The van der Waals surface area contributed by atoms with Gasteiger partial charge in [0.15, 0.2) is 0 Å². The van der Waals surface area contributed by atoms with Crippen molar-refractivity contribution in [1.82, 2.24) is 5.32 Å². The zero-order chi connectivity index (χ0) is 26.2. The average molecular weight is 530 g/mol. The van der Waals surface area contributed by atoms with E-state index in [1.54, 1.807) is 43.3 Å². The maximum Gasteiger partial charge on any atom is 0.337 e. The Morgan fingerprint density at radius 3 is 2.32 bits per heavy atom. The molecule has 1 heterocycles. The summed E-state index contributed by atoms with van der Waals surface area (Å²) in [5, 5.41) is 17.2. The van der Waals surface area contributed by atoms with Crippen LogP contribution in [0.15, 0.2) is 107 Å². The molecular formula is C29H24ClN3O3S. The van der Waals surface area contributed by atoms with Crippen molar-refractivity contribution in [3.05, 3.63) is 123 Å². The van der Waals surface area contributed by atoms with Gasteiger partial charge in [0, 0.05) is 16.4 Å².